The Balaban J connectivity index is 0.00000324. The molecule has 3 N–H and O–H groups in total. The van der Waals surface area contributed by atoms with Gasteiger partial charge in [0.15, 0.2) is 0 Å². The average molecular weight is 285 g/mol. The summed E-state index contributed by atoms with van der Waals surface area (Å²) in [4.78, 5) is 12.2. The first kappa shape index (κ1) is 17.9. The minimum absolute atomic E-state index is 0. The quantitative estimate of drug-likeness (QED) is 0.873. The smallest absolute Gasteiger partial charge is 0.230 e. The molecule has 1 rings (SSSR count). The van der Waals surface area contributed by atoms with Crippen molar-refractivity contribution in [2.45, 2.75) is 45.6 Å². The van der Waals surface area contributed by atoms with Gasteiger partial charge in [0, 0.05) is 12.6 Å². The fraction of sp³-hybridized carbons (Fsp3) is 0.533. The average Bonchev–Trinajstić information content (AvgIpc) is 2.28. The maximum atomic E-state index is 12.2. The maximum Gasteiger partial charge on any atom is 0.230 e. The second-order valence-corrected chi connectivity index (χ2v) is 5.46. The molecule has 0 bridgehead atoms. The Morgan fingerprint density at radius 1 is 1.37 bits per heavy atom. The van der Waals surface area contributed by atoms with Gasteiger partial charge in [-0.25, -0.2) is 0 Å². The second-order valence-electron chi connectivity index (χ2n) is 5.46. The van der Waals surface area contributed by atoms with Gasteiger partial charge < -0.3 is 11.1 Å². The van der Waals surface area contributed by atoms with Gasteiger partial charge in [0.1, 0.15) is 0 Å². The lowest BCUT2D eigenvalue weighted by molar-refractivity contribution is -0.125. The van der Waals surface area contributed by atoms with Crippen molar-refractivity contribution in [1.82, 2.24) is 5.32 Å². The first-order chi connectivity index (χ1) is 8.35. The Hall–Kier alpha value is -1.06. The Morgan fingerprint density at radius 2 is 1.95 bits per heavy atom. The number of hydrogen-bond donors (Lipinski definition) is 2. The zero-order valence-electron chi connectivity index (χ0n) is 12.2. The molecule has 1 atom stereocenters. The minimum Gasteiger partial charge on any atom is -0.355 e. The van der Waals surface area contributed by atoms with Gasteiger partial charge in [-0.15, -0.1) is 12.4 Å². The number of rotatable bonds is 5. The van der Waals surface area contributed by atoms with Gasteiger partial charge in [0.2, 0.25) is 5.91 Å². The molecule has 0 saturated heterocycles. The Kier molecular flexibility index (Phi) is 7.09. The number of aryl methyl sites for hydroxylation is 1. The summed E-state index contributed by atoms with van der Waals surface area (Å²) >= 11 is 0. The topological polar surface area (TPSA) is 55.1 Å². The third-order valence-corrected chi connectivity index (χ3v) is 3.27. The lowest BCUT2D eigenvalue weighted by Gasteiger charge is -2.26. The van der Waals surface area contributed by atoms with Crippen molar-refractivity contribution < 1.29 is 4.79 Å². The summed E-state index contributed by atoms with van der Waals surface area (Å²) in [5.41, 5.74) is 7.38. The van der Waals surface area contributed by atoms with Crippen molar-refractivity contribution in [2.24, 2.45) is 5.73 Å². The first-order valence-electron chi connectivity index (χ1n) is 6.45. The third-order valence-electron chi connectivity index (χ3n) is 3.27. The van der Waals surface area contributed by atoms with E-state index in [0.717, 1.165) is 17.5 Å². The van der Waals surface area contributed by atoms with Crippen molar-refractivity contribution >= 4 is 18.3 Å². The van der Waals surface area contributed by atoms with Crippen molar-refractivity contribution in [3.8, 4) is 0 Å². The highest BCUT2D eigenvalue weighted by atomic mass is 35.5. The van der Waals surface area contributed by atoms with E-state index in [1.165, 1.54) is 0 Å². The molecule has 0 aromatic heterocycles. The van der Waals surface area contributed by atoms with Gasteiger partial charge in [0.05, 0.1) is 5.41 Å². The van der Waals surface area contributed by atoms with E-state index in [1.807, 2.05) is 52.0 Å². The SMILES string of the molecule is Cc1ccccc1C(C)(C)C(=O)NCCC(C)N.Cl. The van der Waals surface area contributed by atoms with E-state index >= 15 is 0 Å². The van der Waals surface area contributed by atoms with Gasteiger partial charge >= 0.3 is 0 Å². The summed E-state index contributed by atoms with van der Waals surface area (Å²) < 4.78 is 0. The normalized spacial score (nSPS) is 12.5. The van der Waals surface area contributed by atoms with Crippen LogP contribution in [0, 0.1) is 6.92 Å². The van der Waals surface area contributed by atoms with E-state index in [-0.39, 0.29) is 24.4 Å². The summed E-state index contributed by atoms with van der Waals surface area (Å²) in [6.07, 6.45) is 0.801. The molecule has 1 aromatic carbocycles. The van der Waals surface area contributed by atoms with Crippen LogP contribution < -0.4 is 11.1 Å². The van der Waals surface area contributed by atoms with Crippen LogP contribution in [-0.4, -0.2) is 18.5 Å². The molecule has 19 heavy (non-hydrogen) atoms. The van der Waals surface area contributed by atoms with E-state index in [2.05, 4.69) is 5.32 Å². The Labute approximate surface area is 122 Å². The number of hydrogen-bond acceptors (Lipinski definition) is 2. The molecule has 0 aliphatic carbocycles. The van der Waals surface area contributed by atoms with Crippen LogP contribution in [0.4, 0.5) is 0 Å². The van der Waals surface area contributed by atoms with E-state index in [9.17, 15) is 4.79 Å². The number of benzene rings is 1. The minimum atomic E-state index is -0.511. The molecule has 0 saturated carbocycles. The maximum absolute atomic E-state index is 12.2. The van der Waals surface area contributed by atoms with Gasteiger partial charge in [-0.05, 0) is 45.2 Å². The fourth-order valence-electron chi connectivity index (χ4n) is 2.03. The number of carbonyl (C=O) groups excluding carboxylic acids is 1. The Bertz CT molecular complexity index is 416. The summed E-state index contributed by atoms with van der Waals surface area (Å²) in [6, 6.07) is 8.13. The molecule has 108 valence electrons. The number of carbonyl (C=O) groups is 1. The van der Waals surface area contributed by atoms with Gasteiger partial charge in [-0.3, -0.25) is 4.79 Å². The van der Waals surface area contributed by atoms with Crippen LogP contribution in [0.25, 0.3) is 0 Å². The zero-order chi connectivity index (χ0) is 13.8. The van der Waals surface area contributed by atoms with Crippen LogP contribution in [0.5, 0.6) is 0 Å². The van der Waals surface area contributed by atoms with Gasteiger partial charge in [-0.1, -0.05) is 24.3 Å². The molecule has 0 fully saturated rings. The molecule has 0 radical (unpaired) electrons. The van der Waals surface area contributed by atoms with Gasteiger partial charge in [0.25, 0.3) is 0 Å². The zero-order valence-corrected chi connectivity index (χ0v) is 13.0. The second kappa shape index (κ2) is 7.51. The van der Waals surface area contributed by atoms with Crippen LogP contribution in [-0.2, 0) is 10.2 Å². The third kappa shape index (κ3) is 4.84. The molecule has 0 aliphatic rings. The molecular weight excluding hydrogens is 260 g/mol. The number of nitrogens with one attached hydrogen (secondary N) is 1. The molecule has 1 amide bonds. The lowest BCUT2D eigenvalue weighted by atomic mass is 9.81. The molecule has 4 heteroatoms. The van der Waals surface area contributed by atoms with Crippen molar-refractivity contribution in [3.05, 3.63) is 35.4 Å². The predicted octanol–water partition coefficient (Wildman–Crippen LogP) is 2.55. The summed E-state index contributed by atoms with van der Waals surface area (Å²) in [6.45, 7) is 8.52. The largest absolute Gasteiger partial charge is 0.355 e. The molecule has 0 spiro atoms. The molecule has 1 unspecified atom stereocenters. The highest BCUT2D eigenvalue weighted by Gasteiger charge is 2.30. The molecule has 3 nitrogen and oxygen atoms in total. The van der Waals surface area contributed by atoms with Crippen LogP contribution in [0.1, 0.15) is 38.3 Å². The summed E-state index contributed by atoms with van der Waals surface area (Å²) in [5, 5.41) is 2.96. The van der Waals surface area contributed by atoms with Crippen LogP contribution >= 0.6 is 12.4 Å². The molecule has 0 heterocycles. The van der Waals surface area contributed by atoms with Crippen LogP contribution in [0.2, 0.25) is 0 Å². The number of nitrogens with two attached hydrogens (primary N) is 1. The van der Waals surface area contributed by atoms with Gasteiger partial charge in [-0.2, -0.15) is 0 Å². The van der Waals surface area contributed by atoms with E-state index < -0.39 is 5.41 Å². The standard InChI is InChI=1S/C15H24N2O.ClH/c1-11-7-5-6-8-13(11)15(3,4)14(18)17-10-9-12(2)16;/h5-8,12H,9-10,16H2,1-4H3,(H,17,18);1H. The van der Waals surface area contributed by atoms with Crippen LogP contribution in [0.15, 0.2) is 24.3 Å². The monoisotopic (exact) mass is 284 g/mol. The lowest BCUT2D eigenvalue weighted by Crippen LogP contribution is -2.41. The fourth-order valence-corrected chi connectivity index (χ4v) is 2.03. The molecule has 1 aromatic rings. The highest BCUT2D eigenvalue weighted by Crippen LogP contribution is 2.26. The van der Waals surface area contributed by atoms with Crippen LogP contribution in [0.3, 0.4) is 0 Å². The molecule has 0 aliphatic heterocycles. The van der Waals surface area contributed by atoms with E-state index in [4.69, 9.17) is 5.73 Å². The van der Waals surface area contributed by atoms with Crippen molar-refractivity contribution in [2.75, 3.05) is 6.54 Å². The van der Waals surface area contributed by atoms with Crippen molar-refractivity contribution in [1.29, 1.82) is 0 Å². The highest BCUT2D eigenvalue weighted by molar-refractivity contribution is 5.87. The van der Waals surface area contributed by atoms with E-state index in [1.54, 1.807) is 0 Å². The Morgan fingerprint density at radius 3 is 2.47 bits per heavy atom. The first-order valence-corrected chi connectivity index (χ1v) is 6.45. The molecular formula is C15H25ClN2O. The van der Waals surface area contributed by atoms with E-state index in [0.29, 0.717) is 6.54 Å². The summed E-state index contributed by atoms with van der Waals surface area (Å²) in [7, 11) is 0. The summed E-state index contributed by atoms with van der Waals surface area (Å²) in [5.74, 6) is 0.0532. The number of halogens is 1. The van der Waals surface area contributed by atoms with Crippen molar-refractivity contribution in [3.63, 3.8) is 0 Å². The number of amides is 1. The predicted molar refractivity (Wildman–Crippen MR) is 82.7 cm³/mol.